The van der Waals surface area contributed by atoms with Crippen LogP contribution in [0, 0.1) is 0 Å². The zero-order valence-electron chi connectivity index (χ0n) is 9.53. The van der Waals surface area contributed by atoms with Crippen molar-refractivity contribution >= 4 is 17.3 Å². The van der Waals surface area contributed by atoms with Gasteiger partial charge in [-0.1, -0.05) is 17.7 Å². The van der Waals surface area contributed by atoms with E-state index in [9.17, 15) is 0 Å². The largest absolute Gasteiger partial charge is 0.368 e. The van der Waals surface area contributed by atoms with Crippen LogP contribution in [0.4, 0.5) is 5.69 Å². The highest BCUT2D eigenvalue weighted by atomic mass is 35.5. The van der Waals surface area contributed by atoms with Crippen LogP contribution in [-0.2, 0) is 0 Å². The second-order valence-electron chi connectivity index (χ2n) is 4.40. The van der Waals surface area contributed by atoms with Crippen LogP contribution in [0.2, 0.25) is 5.02 Å². The van der Waals surface area contributed by atoms with Crippen molar-refractivity contribution in [2.75, 3.05) is 18.0 Å². The first kappa shape index (κ1) is 11.7. The summed E-state index contributed by atoms with van der Waals surface area (Å²) in [4.78, 5) is 2.46. The van der Waals surface area contributed by atoms with E-state index in [0.29, 0.717) is 6.04 Å². The Morgan fingerprint density at radius 3 is 3.00 bits per heavy atom. The molecule has 16 heavy (non-hydrogen) atoms. The fraction of sp³-hybridized carbons (Fsp3) is 0.538. The van der Waals surface area contributed by atoms with Crippen LogP contribution in [0.3, 0.4) is 0 Å². The molecule has 1 aliphatic heterocycles. The van der Waals surface area contributed by atoms with E-state index in [1.54, 1.807) is 0 Å². The lowest BCUT2D eigenvalue weighted by atomic mass is 9.98. The topological polar surface area (TPSA) is 29.3 Å². The Kier molecular flexibility index (Phi) is 4.08. The minimum Gasteiger partial charge on any atom is -0.368 e. The van der Waals surface area contributed by atoms with Gasteiger partial charge in [-0.2, -0.15) is 0 Å². The highest BCUT2D eigenvalue weighted by Crippen LogP contribution is 2.27. The lowest BCUT2D eigenvalue weighted by Gasteiger charge is -2.37. The molecular formula is C13H19ClN2. The molecule has 0 aliphatic carbocycles. The smallest absolute Gasteiger partial charge is 0.0426 e. The van der Waals surface area contributed by atoms with E-state index in [4.69, 9.17) is 17.3 Å². The van der Waals surface area contributed by atoms with Gasteiger partial charge in [-0.15, -0.1) is 0 Å². The summed E-state index contributed by atoms with van der Waals surface area (Å²) < 4.78 is 0. The summed E-state index contributed by atoms with van der Waals surface area (Å²) in [5.74, 6) is 0. The fourth-order valence-corrected chi connectivity index (χ4v) is 2.67. The predicted molar refractivity (Wildman–Crippen MR) is 70.1 cm³/mol. The van der Waals surface area contributed by atoms with Gasteiger partial charge < -0.3 is 10.6 Å². The van der Waals surface area contributed by atoms with Crippen molar-refractivity contribution in [2.24, 2.45) is 5.73 Å². The zero-order valence-corrected chi connectivity index (χ0v) is 10.3. The van der Waals surface area contributed by atoms with Gasteiger partial charge in [-0.25, -0.2) is 0 Å². The molecule has 0 amide bonds. The molecule has 1 heterocycles. The van der Waals surface area contributed by atoms with Crippen molar-refractivity contribution in [3.63, 3.8) is 0 Å². The normalized spacial score (nSPS) is 21.1. The Morgan fingerprint density at radius 2 is 2.25 bits per heavy atom. The third kappa shape index (κ3) is 2.69. The molecule has 0 bridgehead atoms. The second-order valence-corrected chi connectivity index (χ2v) is 4.84. The van der Waals surface area contributed by atoms with E-state index in [2.05, 4.69) is 17.0 Å². The Hall–Kier alpha value is -0.730. The number of rotatable bonds is 3. The van der Waals surface area contributed by atoms with E-state index >= 15 is 0 Å². The quantitative estimate of drug-likeness (QED) is 0.877. The van der Waals surface area contributed by atoms with Crippen LogP contribution >= 0.6 is 11.6 Å². The van der Waals surface area contributed by atoms with Gasteiger partial charge in [0.25, 0.3) is 0 Å². The van der Waals surface area contributed by atoms with E-state index in [-0.39, 0.29) is 0 Å². The lowest BCUT2D eigenvalue weighted by Crippen LogP contribution is -2.40. The van der Waals surface area contributed by atoms with Crippen LogP contribution in [0.25, 0.3) is 0 Å². The summed E-state index contributed by atoms with van der Waals surface area (Å²) in [6.45, 7) is 1.90. The summed E-state index contributed by atoms with van der Waals surface area (Å²) in [5, 5.41) is 0.814. The van der Waals surface area contributed by atoms with Gasteiger partial charge in [0.1, 0.15) is 0 Å². The van der Waals surface area contributed by atoms with Crippen molar-refractivity contribution < 1.29 is 0 Å². The molecule has 2 N–H and O–H groups in total. The minimum atomic E-state index is 0.595. The monoisotopic (exact) mass is 238 g/mol. The van der Waals surface area contributed by atoms with Crippen LogP contribution in [0.5, 0.6) is 0 Å². The molecule has 1 saturated heterocycles. The molecule has 1 fully saturated rings. The summed E-state index contributed by atoms with van der Waals surface area (Å²) in [7, 11) is 0. The van der Waals surface area contributed by atoms with Gasteiger partial charge in [0.2, 0.25) is 0 Å². The molecule has 3 heteroatoms. The average Bonchev–Trinajstić information content (AvgIpc) is 2.30. The van der Waals surface area contributed by atoms with E-state index in [1.807, 2.05) is 12.1 Å². The second kappa shape index (κ2) is 5.55. The van der Waals surface area contributed by atoms with Crippen LogP contribution in [0.15, 0.2) is 24.3 Å². The third-order valence-electron chi connectivity index (χ3n) is 3.27. The van der Waals surface area contributed by atoms with E-state index in [0.717, 1.165) is 24.5 Å². The fourth-order valence-electron chi connectivity index (χ4n) is 2.49. The number of hydrogen-bond donors (Lipinski definition) is 1. The maximum atomic E-state index is 6.04. The Balaban J connectivity index is 2.16. The number of nitrogens with zero attached hydrogens (tertiary/aromatic N) is 1. The standard InChI is InChI=1S/C13H19ClN2/c14-11-4-3-6-13(10-11)16-9-2-1-5-12(16)7-8-15/h3-4,6,10,12H,1-2,5,7-9,15H2. The summed E-state index contributed by atoms with van der Waals surface area (Å²) >= 11 is 6.04. The molecule has 2 nitrogen and oxygen atoms in total. The van der Waals surface area contributed by atoms with Gasteiger partial charge in [0.05, 0.1) is 0 Å². The Labute approximate surface area is 102 Å². The van der Waals surface area contributed by atoms with Crippen molar-refractivity contribution in [2.45, 2.75) is 31.7 Å². The van der Waals surface area contributed by atoms with Crippen LogP contribution < -0.4 is 10.6 Å². The molecule has 88 valence electrons. The van der Waals surface area contributed by atoms with Crippen molar-refractivity contribution in [3.8, 4) is 0 Å². The third-order valence-corrected chi connectivity index (χ3v) is 3.50. The molecule has 1 atom stereocenters. The highest BCUT2D eigenvalue weighted by Gasteiger charge is 2.21. The summed E-state index contributed by atoms with van der Waals surface area (Å²) in [5.41, 5.74) is 6.92. The first-order chi connectivity index (χ1) is 7.81. The minimum absolute atomic E-state index is 0.595. The zero-order chi connectivity index (χ0) is 11.4. The molecule has 1 unspecified atom stereocenters. The molecule has 0 spiro atoms. The molecule has 1 aliphatic rings. The molecular weight excluding hydrogens is 220 g/mol. The molecule has 0 radical (unpaired) electrons. The highest BCUT2D eigenvalue weighted by molar-refractivity contribution is 6.30. The predicted octanol–water partition coefficient (Wildman–Crippen LogP) is 3.05. The maximum Gasteiger partial charge on any atom is 0.0426 e. The van der Waals surface area contributed by atoms with Crippen molar-refractivity contribution in [1.29, 1.82) is 0 Å². The van der Waals surface area contributed by atoms with Crippen LogP contribution in [-0.4, -0.2) is 19.1 Å². The Bertz CT molecular complexity index is 338. The number of nitrogens with two attached hydrogens (primary N) is 1. The number of halogens is 1. The van der Waals surface area contributed by atoms with E-state index < -0.39 is 0 Å². The number of anilines is 1. The van der Waals surface area contributed by atoms with Gasteiger partial charge in [0.15, 0.2) is 0 Å². The SMILES string of the molecule is NCCC1CCCCN1c1cccc(Cl)c1. The molecule has 2 rings (SSSR count). The van der Waals surface area contributed by atoms with Crippen molar-refractivity contribution in [1.82, 2.24) is 0 Å². The summed E-state index contributed by atoms with van der Waals surface area (Å²) in [6, 6.07) is 8.73. The molecule has 0 aromatic heterocycles. The number of hydrogen-bond acceptors (Lipinski definition) is 2. The van der Waals surface area contributed by atoms with Gasteiger partial charge in [-0.05, 0) is 50.4 Å². The van der Waals surface area contributed by atoms with Gasteiger partial charge in [0, 0.05) is 23.3 Å². The van der Waals surface area contributed by atoms with Gasteiger partial charge >= 0.3 is 0 Å². The number of benzene rings is 1. The lowest BCUT2D eigenvalue weighted by molar-refractivity contribution is 0.442. The first-order valence-corrected chi connectivity index (χ1v) is 6.41. The van der Waals surface area contributed by atoms with E-state index in [1.165, 1.54) is 24.9 Å². The Morgan fingerprint density at radius 1 is 1.38 bits per heavy atom. The van der Waals surface area contributed by atoms with Crippen molar-refractivity contribution in [3.05, 3.63) is 29.3 Å². The van der Waals surface area contributed by atoms with Gasteiger partial charge in [-0.3, -0.25) is 0 Å². The number of piperidine rings is 1. The first-order valence-electron chi connectivity index (χ1n) is 6.03. The molecule has 1 aromatic rings. The molecule has 1 aromatic carbocycles. The van der Waals surface area contributed by atoms with Crippen LogP contribution in [0.1, 0.15) is 25.7 Å². The average molecular weight is 239 g/mol. The maximum absolute atomic E-state index is 6.04. The summed E-state index contributed by atoms with van der Waals surface area (Å²) in [6.07, 6.45) is 4.92. The molecule has 0 saturated carbocycles.